The molecule has 0 bridgehead atoms. The third kappa shape index (κ3) is 3.81. The summed E-state index contributed by atoms with van der Waals surface area (Å²) < 4.78 is 14.8. The van der Waals surface area contributed by atoms with Gasteiger partial charge in [0, 0.05) is 41.7 Å². The quantitative estimate of drug-likeness (QED) is 0.368. The van der Waals surface area contributed by atoms with Gasteiger partial charge in [-0.25, -0.2) is 4.39 Å². The van der Waals surface area contributed by atoms with Gasteiger partial charge in [-0.3, -0.25) is 15.1 Å². The minimum Gasteiger partial charge on any atom is -0.362 e. The molecular formula is C22H24FN3O2. The molecule has 0 fully saturated rings. The van der Waals surface area contributed by atoms with E-state index in [9.17, 15) is 14.5 Å². The lowest BCUT2D eigenvalue weighted by molar-refractivity contribution is -0.384. The number of hydrogen-bond donors (Lipinski definition) is 0. The molecular weight excluding hydrogens is 357 g/mol. The first-order valence-electron chi connectivity index (χ1n) is 9.32. The van der Waals surface area contributed by atoms with Crippen LogP contribution in [0.1, 0.15) is 45.2 Å². The van der Waals surface area contributed by atoms with Gasteiger partial charge in [-0.15, -0.1) is 0 Å². The molecule has 1 aliphatic rings. The van der Waals surface area contributed by atoms with Crippen LogP contribution in [0.2, 0.25) is 0 Å². The number of allylic oxidation sites excluding steroid dienone is 1. The van der Waals surface area contributed by atoms with Crippen molar-refractivity contribution < 1.29 is 9.31 Å². The summed E-state index contributed by atoms with van der Waals surface area (Å²) >= 11 is 0. The molecule has 5 nitrogen and oxygen atoms in total. The molecule has 6 heteroatoms. The van der Waals surface area contributed by atoms with Gasteiger partial charge in [-0.05, 0) is 57.0 Å². The van der Waals surface area contributed by atoms with Crippen LogP contribution in [0.5, 0.6) is 0 Å². The zero-order valence-corrected chi connectivity index (χ0v) is 16.6. The fourth-order valence-corrected chi connectivity index (χ4v) is 3.65. The van der Waals surface area contributed by atoms with Gasteiger partial charge in [0.15, 0.2) is 0 Å². The molecule has 0 atom stereocenters. The Hall–Kier alpha value is -3.02. The Morgan fingerprint density at radius 1 is 1.25 bits per heavy atom. The number of aliphatic imine (C=N–C) groups is 1. The van der Waals surface area contributed by atoms with Gasteiger partial charge in [0.05, 0.1) is 16.1 Å². The zero-order valence-electron chi connectivity index (χ0n) is 16.6. The van der Waals surface area contributed by atoms with Crippen molar-refractivity contribution in [3.05, 3.63) is 69.5 Å². The first kappa shape index (κ1) is 19.7. The lowest BCUT2D eigenvalue weighted by atomic mass is 9.87. The van der Waals surface area contributed by atoms with Crippen LogP contribution in [0.3, 0.4) is 0 Å². The summed E-state index contributed by atoms with van der Waals surface area (Å²) in [5.41, 5.74) is 3.75. The highest BCUT2D eigenvalue weighted by Gasteiger charge is 2.31. The first-order valence-corrected chi connectivity index (χ1v) is 9.32. The summed E-state index contributed by atoms with van der Waals surface area (Å²) in [7, 11) is 0. The Kier molecular flexibility index (Phi) is 5.31. The van der Waals surface area contributed by atoms with Gasteiger partial charge >= 0.3 is 0 Å². The minimum atomic E-state index is -0.463. The van der Waals surface area contributed by atoms with Crippen molar-refractivity contribution in [1.29, 1.82) is 0 Å². The van der Waals surface area contributed by atoms with Gasteiger partial charge in [-0.2, -0.15) is 0 Å². The number of hydrogen-bond acceptors (Lipinski definition) is 4. The van der Waals surface area contributed by atoms with E-state index in [1.807, 2.05) is 13.0 Å². The fraction of sp³-hybridized carbons (Fsp3) is 0.318. The van der Waals surface area contributed by atoms with Crippen LogP contribution in [-0.2, 0) is 0 Å². The zero-order chi connectivity index (χ0) is 20.5. The van der Waals surface area contributed by atoms with Crippen LogP contribution < -0.4 is 4.90 Å². The Morgan fingerprint density at radius 2 is 1.93 bits per heavy atom. The van der Waals surface area contributed by atoms with Crippen molar-refractivity contribution in [3.63, 3.8) is 0 Å². The molecule has 28 heavy (non-hydrogen) atoms. The lowest BCUT2D eigenvalue weighted by Crippen LogP contribution is -2.45. The minimum absolute atomic E-state index is 0.00157. The maximum absolute atomic E-state index is 14.8. The number of benzene rings is 2. The van der Waals surface area contributed by atoms with E-state index in [0.717, 1.165) is 29.8 Å². The number of nitrogens with zero attached hydrogens (tertiary/aromatic N) is 3. The molecule has 146 valence electrons. The van der Waals surface area contributed by atoms with Crippen LogP contribution in [0, 0.1) is 15.9 Å². The summed E-state index contributed by atoms with van der Waals surface area (Å²) in [6.07, 6.45) is 4.65. The molecule has 0 saturated carbocycles. The smallest absolute Gasteiger partial charge is 0.269 e. The van der Waals surface area contributed by atoms with Crippen molar-refractivity contribution in [1.82, 2.24) is 0 Å². The molecule has 0 saturated heterocycles. The fourth-order valence-electron chi connectivity index (χ4n) is 3.65. The van der Waals surface area contributed by atoms with E-state index in [1.54, 1.807) is 18.2 Å². The van der Waals surface area contributed by atoms with Crippen LogP contribution in [0.25, 0.3) is 5.57 Å². The monoisotopic (exact) mass is 381 g/mol. The molecule has 2 aromatic carbocycles. The topological polar surface area (TPSA) is 58.7 Å². The molecule has 0 radical (unpaired) electrons. The predicted molar refractivity (Wildman–Crippen MR) is 112 cm³/mol. The molecule has 2 aromatic rings. The van der Waals surface area contributed by atoms with E-state index in [4.69, 9.17) is 0 Å². The SMILES string of the molecule is CCCN1c2cc(F)c(C=Nc3ccc([N+](=O)[O-])cc3)cc2C(C)=CC1(C)C. The summed E-state index contributed by atoms with van der Waals surface area (Å²) in [5.74, 6) is -0.337. The highest BCUT2D eigenvalue weighted by atomic mass is 19.1. The predicted octanol–water partition coefficient (Wildman–Crippen LogP) is 5.90. The number of nitro benzene ring substituents is 1. The van der Waals surface area contributed by atoms with Gasteiger partial charge in [0.1, 0.15) is 5.82 Å². The van der Waals surface area contributed by atoms with E-state index in [2.05, 4.69) is 36.7 Å². The van der Waals surface area contributed by atoms with Crippen molar-refractivity contribution >= 4 is 28.8 Å². The van der Waals surface area contributed by atoms with Crippen molar-refractivity contribution in [2.75, 3.05) is 11.4 Å². The standard InChI is InChI=1S/C22H24FN3O2/c1-5-10-25-21-12-20(23)16(11-19(21)15(2)13-22(25,3)4)14-24-17-6-8-18(9-7-17)26(27)28/h6-9,11-14H,5,10H2,1-4H3. The van der Waals surface area contributed by atoms with Crippen LogP contribution in [-0.4, -0.2) is 23.2 Å². The molecule has 3 rings (SSSR count). The second-order valence-corrected chi connectivity index (χ2v) is 7.56. The molecule has 0 unspecified atom stereocenters. The normalized spacial score (nSPS) is 15.5. The molecule has 1 aliphatic heterocycles. The molecule has 0 aromatic heterocycles. The number of halogens is 1. The van der Waals surface area contributed by atoms with Crippen molar-refractivity contribution in [2.45, 2.75) is 39.7 Å². The van der Waals surface area contributed by atoms with Gasteiger partial charge in [0.25, 0.3) is 5.69 Å². The first-order chi connectivity index (χ1) is 13.2. The third-order valence-corrected chi connectivity index (χ3v) is 4.96. The van der Waals surface area contributed by atoms with Crippen molar-refractivity contribution in [2.24, 2.45) is 4.99 Å². The van der Waals surface area contributed by atoms with E-state index < -0.39 is 4.92 Å². The highest BCUT2D eigenvalue weighted by Crippen LogP contribution is 2.40. The molecule has 0 N–H and O–H groups in total. The number of nitro groups is 1. The summed E-state index contributed by atoms with van der Waals surface area (Å²) in [6.45, 7) is 9.27. The third-order valence-electron chi connectivity index (χ3n) is 4.96. The van der Waals surface area contributed by atoms with E-state index in [1.165, 1.54) is 18.3 Å². The number of fused-ring (bicyclic) bond motifs is 1. The molecule has 0 spiro atoms. The average molecular weight is 381 g/mol. The van der Waals surface area contributed by atoms with Gasteiger partial charge in [-0.1, -0.05) is 13.0 Å². The second-order valence-electron chi connectivity index (χ2n) is 7.56. The lowest BCUT2D eigenvalue weighted by Gasteiger charge is -2.43. The molecule has 0 amide bonds. The second kappa shape index (κ2) is 7.54. The van der Waals surface area contributed by atoms with Crippen LogP contribution in [0.15, 0.2) is 47.5 Å². The summed E-state index contributed by atoms with van der Waals surface area (Å²) in [5, 5.41) is 10.7. The summed E-state index contributed by atoms with van der Waals surface area (Å²) in [4.78, 5) is 16.8. The largest absolute Gasteiger partial charge is 0.362 e. The van der Waals surface area contributed by atoms with E-state index in [0.29, 0.717) is 11.3 Å². The van der Waals surface area contributed by atoms with Crippen LogP contribution >= 0.6 is 0 Å². The Labute approximate surface area is 164 Å². The van der Waals surface area contributed by atoms with Crippen LogP contribution in [0.4, 0.5) is 21.5 Å². The average Bonchev–Trinajstić information content (AvgIpc) is 2.63. The number of non-ortho nitro benzene ring substituents is 1. The maximum atomic E-state index is 14.8. The van der Waals surface area contributed by atoms with Crippen molar-refractivity contribution in [3.8, 4) is 0 Å². The number of rotatable bonds is 5. The Bertz CT molecular complexity index is 962. The maximum Gasteiger partial charge on any atom is 0.269 e. The van der Waals surface area contributed by atoms with Gasteiger partial charge < -0.3 is 4.90 Å². The molecule has 1 heterocycles. The molecule has 0 aliphatic carbocycles. The highest BCUT2D eigenvalue weighted by molar-refractivity contribution is 5.89. The van der Waals surface area contributed by atoms with E-state index in [-0.39, 0.29) is 17.0 Å². The number of anilines is 1. The summed E-state index contributed by atoms with van der Waals surface area (Å²) in [6, 6.07) is 9.26. The Morgan fingerprint density at radius 3 is 2.54 bits per heavy atom. The Balaban J connectivity index is 1.96. The van der Waals surface area contributed by atoms with Gasteiger partial charge in [0.2, 0.25) is 0 Å². The van der Waals surface area contributed by atoms with E-state index >= 15 is 0 Å².